The van der Waals surface area contributed by atoms with E-state index in [1.165, 1.54) is 31.4 Å². The van der Waals surface area contributed by atoms with Crippen molar-refractivity contribution in [2.24, 2.45) is 0 Å². The molecule has 0 aromatic heterocycles. The number of anilines is 1. The molecule has 1 rings (SSSR count). The third-order valence-electron chi connectivity index (χ3n) is 2.67. The first-order chi connectivity index (χ1) is 7.38. The van der Waals surface area contributed by atoms with Crippen molar-refractivity contribution in [3.8, 4) is 0 Å². The average Bonchev–Trinajstić information content (AvgIpc) is 2.30. The summed E-state index contributed by atoms with van der Waals surface area (Å²) < 4.78 is 0. The van der Waals surface area contributed by atoms with Crippen LogP contribution in [-0.4, -0.2) is 13.1 Å². The Kier molecular flexibility index (Phi) is 5.91. The highest BCUT2D eigenvalue weighted by atomic mass is 15.1. The molecular formula is C14H22N. The van der Waals surface area contributed by atoms with E-state index in [0.717, 1.165) is 13.1 Å². The van der Waals surface area contributed by atoms with Crippen LogP contribution in [-0.2, 0) is 0 Å². The molecule has 0 heterocycles. The van der Waals surface area contributed by atoms with Crippen LogP contribution in [0.15, 0.2) is 30.3 Å². The highest BCUT2D eigenvalue weighted by molar-refractivity contribution is 5.45. The minimum absolute atomic E-state index is 0.857. The van der Waals surface area contributed by atoms with E-state index < -0.39 is 0 Å². The van der Waals surface area contributed by atoms with Crippen LogP contribution in [0.4, 0.5) is 5.69 Å². The molecule has 1 nitrogen and oxygen atoms in total. The van der Waals surface area contributed by atoms with Crippen molar-refractivity contribution in [2.45, 2.75) is 32.6 Å². The smallest absolute Gasteiger partial charge is 0.0366 e. The van der Waals surface area contributed by atoms with Gasteiger partial charge in [-0.25, -0.2) is 0 Å². The summed E-state index contributed by atoms with van der Waals surface area (Å²) in [6.07, 6.45) is 5.26. The Bertz CT molecular complexity index is 243. The van der Waals surface area contributed by atoms with Crippen molar-refractivity contribution in [1.29, 1.82) is 0 Å². The molecule has 0 N–H and O–H groups in total. The third kappa shape index (κ3) is 4.37. The van der Waals surface area contributed by atoms with Crippen LogP contribution >= 0.6 is 0 Å². The van der Waals surface area contributed by atoms with Crippen molar-refractivity contribution < 1.29 is 0 Å². The molecule has 0 fully saturated rings. The highest BCUT2D eigenvalue weighted by Crippen LogP contribution is 2.13. The second-order valence-corrected chi connectivity index (χ2v) is 3.88. The van der Waals surface area contributed by atoms with Gasteiger partial charge in [-0.2, -0.15) is 0 Å². The molecule has 83 valence electrons. The second kappa shape index (κ2) is 7.33. The van der Waals surface area contributed by atoms with Gasteiger partial charge in [-0.3, -0.25) is 0 Å². The van der Waals surface area contributed by atoms with Crippen molar-refractivity contribution in [3.63, 3.8) is 0 Å². The summed E-state index contributed by atoms with van der Waals surface area (Å²) >= 11 is 0. The molecule has 0 atom stereocenters. The zero-order valence-corrected chi connectivity index (χ0v) is 9.78. The second-order valence-electron chi connectivity index (χ2n) is 3.88. The molecule has 0 amide bonds. The first kappa shape index (κ1) is 12.1. The van der Waals surface area contributed by atoms with Gasteiger partial charge in [0.1, 0.15) is 0 Å². The van der Waals surface area contributed by atoms with Gasteiger partial charge in [0.2, 0.25) is 0 Å². The Morgan fingerprint density at radius 1 is 1.07 bits per heavy atom. The minimum Gasteiger partial charge on any atom is -0.372 e. The Morgan fingerprint density at radius 3 is 2.40 bits per heavy atom. The predicted molar refractivity (Wildman–Crippen MR) is 68.2 cm³/mol. The number of hydrogen-bond donors (Lipinski definition) is 0. The van der Waals surface area contributed by atoms with Gasteiger partial charge < -0.3 is 4.90 Å². The van der Waals surface area contributed by atoms with E-state index in [1.54, 1.807) is 0 Å². The number of nitrogens with zero attached hydrogens (tertiary/aromatic N) is 1. The first-order valence-corrected chi connectivity index (χ1v) is 5.97. The maximum absolute atomic E-state index is 3.99. The maximum Gasteiger partial charge on any atom is 0.0366 e. The quantitative estimate of drug-likeness (QED) is 0.609. The van der Waals surface area contributed by atoms with Gasteiger partial charge in [0, 0.05) is 18.8 Å². The lowest BCUT2D eigenvalue weighted by molar-refractivity contribution is 0.654. The molecule has 0 saturated carbocycles. The summed E-state index contributed by atoms with van der Waals surface area (Å²) in [7, 11) is 0. The summed E-state index contributed by atoms with van der Waals surface area (Å²) in [6.45, 7) is 8.22. The van der Waals surface area contributed by atoms with Crippen LogP contribution in [0.5, 0.6) is 0 Å². The zero-order valence-electron chi connectivity index (χ0n) is 9.78. The molecular weight excluding hydrogens is 182 g/mol. The molecule has 1 aromatic rings. The Balaban J connectivity index is 2.36. The number of benzene rings is 1. The van der Waals surface area contributed by atoms with Gasteiger partial charge in [0.05, 0.1) is 0 Å². The third-order valence-corrected chi connectivity index (χ3v) is 2.67. The average molecular weight is 204 g/mol. The number of rotatable bonds is 7. The fraction of sp³-hybridized carbons (Fsp3) is 0.500. The van der Waals surface area contributed by atoms with Crippen molar-refractivity contribution >= 4 is 5.69 Å². The molecule has 1 radical (unpaired) electrons. The highest BCUT2D eigenvalue weighted by Gasteiger charge is 2.01. The molecule has 1 aromatic carbocycles. The van der Waals surface area contributed by atoms with Crippen LogP contribution in [0.25, 0.3) is 0 Å². The van der Waals surface area contributed by atoms with Crippen molar-refractivity contribution in [1.82, 2.24) is 0 Å². The van der Waals surface area contributed by atoms with Gasteiger partial charge in [0.25, 0.3) is 0 Å². The van der Waals surface area contributed by atoms with Crippen LogP contribution in [0.2, 0.25) is 0 Å². The topological polar surface area (TPSA) is 3.24 Å². The summed E-state index contributed by atoms with van der Waals surface area (Å²) in [5.41, 5.74) is 1.30. The summed E-state index contributed by atoms with van der Waals surface area (Å²) in [5, 5.41) is 0. The van der Waals surface area contributed by atoms with E-state index >= 15 is 0 Å². The van der Waals surface area contributed by atoms with E-state index in [2.05, 4.69) is 49.1 Å². The molecule has 1 heteroatoms. The normalized spacial score (nSPS) is 10.3. The van der Waals surface area contributed by atoms with E-state index in [9.17, 15) is 0 Å². The fourth-order valence-electron chi connectivity index (χ4n) is 1.74. The van der Waals surface area contributed by atoms with E-state index in [-0.39, 0.29) is 0 Å². The van der Waals surface area contributed by atoms with Crippen molar-refractivity contribution in [2.75, 3.05) is 18.0 Å². The summed E-state index contributed by atoms with van der Waals surface area (Å²) in [6, 6.07) is 10.5. The number of hydrogen-bond acceptors (Lipinski definition) is 1. The molecule has 0 saturated heterocycles. The molecule has 0 spiro atoms. The SMILES string of the molecule is [CH2]CN(CCCCCC)c1ccccc1. The predicted octanol–water partition coefficient (Wildman–Crippen LogP) is 3.91. The van der Waals surface area contributed by atoms with Crippen LogP contribution in [0.1, 0.15) is 32.6 Å². The molecule has 0 aliphatic carbocycles. The van der Waals surface area contributed by atoms with Gasteiger partial charge in [-0.15, -0.1) is 0 Å². The number of para-hydroxylation sites is 1. The Labute approximate surface area is 94.1 Å². The van der Waals surface area contributed by atoms with Gasteiger partial charge in [0.15, 0.2) is 0 Å². The molecule has 15 heavy (non-hydrogen) atoms. The standard InChI is InChI=1S/C14H22N/c1-3-5-6-10-13-15(4-2)14-11-8-7-9-12-14/h7-9,11-12H,2-6,10,13H2,1H3. The largest absolute Gasteiger partial charge is 0.372 e. The minimum atomic E-state index is 0.857. The molecule has 0 aliphatic rings. The van der Waals surface area contributed by atoms with Crippen LogP contribution in [0, 0.1) is 6.92 Å². The maximum atomic E-state index is 3.99. The van der Waals surface area contributed by atoms with Gasteiger partial charge >= 0.3 is 0 Å². The Morgan fingerprint density at radius 2 is 1.80 bits per heavy atom. The fourth-order valence-corrected chi connectivity index (χ4v) is 1.74. The van der Waals surface area contributed by atoms with Crippen LogP contribution in [0.3, 0.4) is 0 Å². The Hall–Kier alpha value is -0.980. The zero-order chi connectivity index (χ0) is 10.9. The van der Waals surface area contributed by atoms with Gasteiger partial charge in [-0.05, 0) is 25.5 Å². The lowest BCUT2D eigenvalue weighted by Crippen LogP contribution is -2.23. The number of unbranched alkanes of at least 4 members (excludes halogenated alkanes) is 3. The first-order valence-electron chi connectivity index (χ1n) is 5.97. The van der Waals surface area contributed by atoms with Gasteiger partial charge in [-0.1, -0.05) is 44.4 Å². The lowest BCUT2D eigenvalue weighted by Gasteiger charge is -2.22. The summed E-state index contributed by atoms with van der Waals surface area (Å²) in [5.74, 6) is 0. The lowest BCUT2D eigenvalue weighted by atomic mass is 10.2. The van der Waals surface area contributed by atoms with E-state index in [0.29, 0.717) is 0 Å². The van der Waals surface area contributed by atoms with E-state index in [1.807, 2.05) is 0 Å². The molecule has 0 unspecified atom stereocenters. The molecule has 0 bridgehead atoms. The summed E-state index contributed by atoms with van der Waals surface area (Å²) in [4.78, 5) is 2.34. The molecule has 0 aliphatic heterocycles. The van der Waals surface area contributed by atoms with E-state index in [4.69, 9.17) is 0 Å². The monoisotopic (exact) mass is 204 g/mol. The van der Waals surface area contributed by atoms with Crippen molar-refractivity contribution in [3.05, 3.63) is 37.3 Å². The van der Waals surface area contributed by atoms with Crippen LogP contribution < -0.4 is 4.90 Å².